The van der Waals surface area contributed by atoms with E-state index in [0.717, 1.165) is 19.5 Å². The average molecular weight is 359 g/mol. The number of guanidine groups is 1. The Morgan fingerprint density at radius 2 is 1.96 bits per heavy atom. The summed E-state index contributed by atoms with van der Waals surface area (Å²) >= 11 is 0. The fourth-order valence-electron chi connectivity index (χ4n) is 2.53. The third-order valence-corrected chi connectivity index (χ3v) is 4.02. The monoisotopic (exact) mass is 359 g/mol. The molecule has 142 valence electrons. The standard InChI is InChI=1S/C19H29N5O2/c1-23(2)18(25)15-22-19(21-11-14-26-3)20-10-6-12-24-13-9-16-7-4-5-8-17(16)24/h4-5,7-9,13H,6,10-12,14-15H2,1-3H3,(H2,20,21,22). The van der Waals surface area contributed by atoms with Gasteiger partial charge in [0.05, 0.1) is 6.61 Å². The summed E-state index contributed by atoms with van der Waals surface area (Å²) in [7, 11) is 5.11. The first kappa shape index (κ1) is 19.8. The van der Waals surface area contributed by atoms with Crippen molar-refractivity contribution in [3.63, 3.8) is 0 Å². The Morgan fingerprint density at radius 3 is 2.73 bits per heavy atom. The molecule has 1 heterocycles. The number of carbonyl (C=O) groups is 1. The Bertz CT molecular complexity index is 724. The molecule has 2 N–H and O–H groups in total. The van der Waals surface area contributed by atoms with Crippen molar-refractivity contribution >= 4 is 22.8 Å². The molecule has 1 amide bonds. The van der Waals surface area contributed by atoms with E-state index in [2.05, 4.69) is 56.7 Å². The van der Waals surface area contributed by atoms with Gasteiger partial charge in [0, 0.05) is 52.6 Å². The fraction of sp³-hybridized carbons (Fsp3) is 0.474. The van der Waals surface area contributed by atoms with Crippen molar-refractivity contribution in [3.8, 4) is 0 Å². The van der Waals surface area contributed by atoms with Gasteiger partial charge in [0.2, 0.25) is 5.91 Å². The molecule has 0 radical (unpaired) electrons. The Morgan fingerprint density at radius 1 is 1.19 bits per heavy atom. The van der Waals surface area contributed by atoms with Crippen LogP contribution in [0.25, 0.3) is 10.9 Å². The van der Waals surface area contributed by atoms with Crippen LogP contribution in [0.3, 0.4) is 0 Å². The number of nitrogens with one attached hydrogen (secondary N) is 2. The van der Waals surface area contributed by atoms with Crippen LogP contribution in [0.4, 0.5) is 0 Å². The van der Waals surface area contributed by atoms with Crippen LogP contribution in [-0.4, -0.2) is 68.8 Å². The van der Waals surface area contributed by atoms with E-state index in [1.54, 1.807) is 21.2 Å². The lowest BCUT2D eigenvalue weighted by atomic mass is 10.2. The molecule has 0 unspecified atom stereocenters. The lowest BCUT2D eigenvalue weighted by Crippen LogP contribution is -2.40. The van der Waals surface area contributed by atoms with Crippen LogP contribution >= 0.6 is 0 Å². The van der Waals surface area contributed by atoms with E-state index >= 15 is 0 Å². The number of rotatable bonds is 9. The van der Waals surface area contributed by atoms with Gasteiger partial charge in [-0.15, -0.1) is 0 Å². The molecule has 0 fully saturated rings. The zero-order chi connectivity index (χ0) is 18.8. The third kappa shape index (κ3) is 6.07. The van der Waals surface area contributed by atoms with Gasteiger partial charge in [-0.25, -0.2) is 4.99 Å². The number of likely N-dealkylation sites (N-methyl/N-ethyl adjacent to an activating group) is 1. The Hall–Kier alpha value is -2.54. The smallest absolute Gasteiger partial charge is 0.243 e. The third-order valence-electron chi connectivity index (χ3n) is 4.02. The summed E-state index contributed by atoms with van der Waals surface area (Å²) < 4.78 is 7.30. The Balaban J connectivity index is 1.83. The van der Waals surface area contributed by atoms with Crippen molar-refractivity contribution in [2.45, 2.75) is 13.0 Å². The van der Waals surface area contributed by atoms with E-state index in [9.17, 15) is 4.79 Å². The summed E-state index contributed by atoms with van der Waals surface area (Å²) in [4.78, 5) is 17.6. The summed E-state index contributed by atoms with van der Waals surface area (Å²) in [6, 6.07) is 10.5. The van der Waals surface area contributed by atoms with Gasteiger partial charge in [0.25, 0.3) is 0 Å². The number of hydrogen-bond acceptors (Lipinski definition) is 3. The summed E-state index contributed by atoms with van der Waals surface area (Å²) in [6.07, 6.45) is 3.07. The number of benzene rings is 1. The molecule has 0 bridgehead atoms. The number of aliphatic imine (C=N–C) groups is 1. The van der Waals surface area contributed by atoms with Gasteiger partial charge >= 0.3 is 0 Å². The molecule has 2 rings (SSSR count). The second kappa shape index (κ2) is 10.5. The molecule has 0 atom stereocenters. The minimum atomic E-state index is -0.0309. The molecule has 0 aliphatic heterocycles. The first-order chi connectivity index (χ1) is 12.6. The van der Waals surface area contributed by atoms with Gasteiger partial charge in [-0.05, 0) is 23.9 Å². The zero-order valence-electron chi connectivity index (χ0n) is 15.9. The van der Waals surface area contributed by atoms with Gasteiger partial charge in [0.1, 0.15) is 6.54 Å². The summed E-state index contributed by atoms with van der Waals surface area (Å²) in [5.41, 5.74) is 1.25. The number of fused-ring (bicyclic) bond motifs is 1. The fourth-order valence-corrected chi connectivity index (χ4v) is 2.53. The van der Waals surface area contributed by atoms with E-state index in [1.807, 2.05) is 0 Å². The van der Waals surface area contributed by atoms with Crippen molar-refractivity contribution in [2.24, 2.45) is 4.99 Å². The van der Waals surface area contributed by atoms with Crippen molar-refractivity contribution < 1.29 is 9.53 Å². The van der Waals surface area contributed by atoms with Crippen LogP contribution in [0.2, 0.25) is 0 Å². The highest BCUT2D eigenvalue weighted by Crippen LogP contribution is 2.15. The largest absolute Gasteiger partial charge is 0.383 e. The van der Waals surface area contributed by atoms with Gasteiger partial charge in [-0.3, -0.25) is 4.79 Å². The Kier molecular flexibility index (Phi) is 7.95. The van der Waals surface area contributed by atoms with Crippen LogP contribution in [0.1, 0.15) is 6.42 Å². The molecule has 2 aromatic rings. The highest BCUT2D eigenvalue weighted by Gasteiger charge is 2.05. The SMILES string of the molecule is COCCNC(=NCC(=O)N(C)C)NCCCn1ccc2ccccc21. The number of aromatic nitrogens is 1. The molecule has 7 nitrogen and oxygen atoms in total. The highest BCUT2D eigenvalue weighted by molar-refractivity contribution is 5.84. The summed E-state index contributed by atoms with van der Waals surface area (Å²) in [5.74, 6) is 0.603. The molecule has 1 aromatic carbocycles. The van der Waals surface area contributed by atoms with Gasteiger partial charge in [-0.2, -0.15) is 0 Å². The maximum absolute atomic E-state index is 11.7. The number of ether oxygens (including phenoxy) is 1. The molecular weight excluding hydrogens is 330 g/mol. The zero-order valence-corrected chi connectivity index (χ0v) is 15.9. The highest BCUT2D eigenvalue weighted by atomic mass is 16.5. The van der Waals surface area contributed by atoms with Crippen molar-refractivity contribution in [1.29, 1.82) is 0 Å². The number of hydrogen-bond donors (Lipinski definition) is 2. The van der Waals surface area contributed by atoms with Crippen molar-refractivity contribution in [1.82, 2.24) is 20.1 Å². The van der Waals surface area contributed by atoms with E-state index in [1.165, 1.54) is 15.8 Å². The lowest BCUT2D eigenvalue weighted by Gasteiger charge is -2.14. The predicted molar refractivity (Wildman–Crippen MR) is 105 cm³/mol. The molecule has 26 heavy (non-hydrogen) atoms. The first-order valence-corrected chi connectivity index (χ1v) is 8.87. The second-order valence-corrected chi connectivity index (χ2v) is 6.22. The Labute approximate surface area is 155 Å². The number of aryl methyl sites for hydroxylation is 1. The van der Waals surface area contributed by atoms with Crippen molar-refractivity contribution in [2.75, 3.05) is 47.4 Å². The predicted octanol–water partition coefficient (Wildman–Crippen LogP) is 1.30. The lowest BCUT2D eigenvalue weighted by molar-refractivity contribution is -0.127. The van der Waals surface area contributed by atoms with Crippen LogP contribution < -0.4 is 10.6 Å². The molecule has 7 heteroatoms. The first-order valence-electron chi connectivity index (χ1n) is 8.87. The molecule has 0 saturated heterocycles. The molecular formula is C19H29N5O2. The average Bonchev–Trinajstić information content (AvgIpc) is 3.05. The number of amides is 1. The van der Waals surface area contributed by atoms with E-state index < -0.39 is 0 Å². The van der Waals surface area contributed by atoms with Gasteiger partial charge in [0.15, 0.2) is 5.96 Å². The number of carbonyl (C=O) groups excluding carboxylic acids is 1. The molecule has 0 saturated carbocycles. The molecule has 0 spiro atoms. The van der Waals surface area contributed by atoms with Crippen LogP contribution in [-0.2, 0) is 16.1 Å². The molecule has 0 aliphatic carbocycles. The van der Waals surface area contributed by atoms with Gasteiger partial charge < -0.3 is 24.8 Å². The van der Waals surface area contributed by atoms with Crippen LogP contribution in [0.15, 0.2) is 41.5 Å². The maximum atomic E-state index is 11.7. The molecule has 0 aliphatic rings. The molecule has 1 aromatic heterocycles. The number of nitrogens with zero attached hydrogens (tertiary/aromatic N) is 3. The topological polar surface area (TPSA) is 70.9 Å². The minimum Gasteiger partial charge on any atom is -0.383 e. The van der Waals surface area contributed by atoms with Crippen LogP contribution in [0.5, 0.6) is 0 Å². The minimum absolute atomic E-state index is 0.0309. The van der Waals surface area contributed by atoms with E-state index in [-0.39, 0.29) is 12.5 Å². The number of para-hydroxylation sites is 1. The summed E-state index contributed by atoms with van der Waals surface area (Å²) in [6.45, 7) is 3.03. The number of methoxy groups -OCH3 is 1. The summed E-state index contributed by atoms with van der Waals surface area (Å²) in [5, 5.41) is 7.71. The normalized spacial score (nSPS) is 11.6. The van der Waals surface area contributed by atoms with E-state index in [0.29, 0.717) is 19.1 Å². The van der Waals surface area contributed by atoms with Crippen molar-refractivity contribution in [3.05, 3.63) is 36.5 Å². The van der Waals surface area contributed by atoms with E-state index in [4.69, 9.17) is 4.74 Å². The van der Waals surface area contributed by atoms with Gasteiger partial charge in [-0.1, -0.05) is 18.2 Å². The second-order valence-electron chi connectivity index (χ2n) is 6.22. The van der Waals surface area contributed by atoms with Crippen LogP contribution in [0, 0.1) is 0 Å². The quantitative estimate of drug-likeness (QED) is 0.402. The maximum Gasteiger partial charge on any atom is 0.243 e.